The van der Waals surface area contributed by atoms with Crippen LogP contribution in [0.2, 0.25) is 20.1 Å². The number of esters is 2. The fourth-order valence-corrected chi connectivity index (χ4v) is 15.4. The quantitative estimate of drug-likeness (QED) is 0.0741. The summed E-state index contributed by atoms with van der Waals surface area (Å²) in [7, 11) is 0. The molecule has 2 fully saturated rings. The van der Waals surface area contributed by atoms with E-state index in [1.807, 2.05) is 102 Å². The van der Waals surface area contributed by atoms with E-state index >= 15 is 0 Å². The highest BCUT2D eigenvalue weighted by Gasteiger charge is 2.45. The molecular formula is C82H94Cl4N2O14. The van der Waals surface area contributed by atoms with Crippen molar-refractivity contribution in [3.8, 4) is 23.0 Å². The Labute approximate surface area is 619 Å². The summed E-state index contributed by atoms with van der Waals surface area (Å²) in [6, 6.07) is 31.2. The van der Waals surface area contributed by atoms with Gasteiger partial charge in [-0.25, -0.2) is 19.2 Å². The molecule has 0 spiro atoms. The van der Waals surface area contributed by atoms with Gasteiger partial charge in [-0.2, -0.15) is 0 Å². The number of benzene rings is 6. The minimum Gasteiger partial charge on any atom is -0.489 e. The Bertz CT molecular complexity index is 3830. The van der Waals surface area contributed by atoms with Crippen LogP contribution in [0.3, 0.4) is 0 Å². The van der Waals surface area contributed by atoms with E-state index in [0.29, 0.717) is 91.1 Å². The van der Waals surface area contributed by atoms with Gasteiger partial charge in [-0.15, -0.1) is 0 Å². The maximum absolute atomic E-state index is 14.0. The summed E-state index contributed by atoms with van der Waals surface area (Å²) in [4.78, 5) is 85.0. The predicted octanol–water partition coefficient (Wildman–Crippen LogP) is 19.0. The average Bonchev–Trinajstić information content (AvgIpc) is 0.765. The highest BCUT2D eigenvalue weighted by Crippen LogP contribution is 2.43. The summed E-state index contributed by atoms with van der Waals surface area (Å²) >= 11 is 24.3. The van der Waals surface area contributed by atoms with Gasteiger partial charge < -0.3 is 37.9 Å². The summed E-state index contributed by atoms with van der Waals surface area (Å²) in [5, 5.41) is 1.90. The molecule has 2 amide bonds. The molecule has 10 atom stereocenters. The number of hydrogen-bond acceptors (Lipinski definition) is 14. The van der Waals surface area contributed by atoms with E-state index in [0.717, 1.165) is 83.0 Å². The molecule has 0 aromatic heterocycles. The van der Waals surface area contributed by atoms with Crippen molar-refractivity contribution >= 4 is 82.1 Å². The highest BCUT2D eigenvalue weighted by molar-refractivity contribution is 6.42. The fraction of sp³-hybridized carbons (Fsp3) is 0.488. The van der Waals surface area contributed by atoms with E-state index < -0.39 is 59.6 Å². The molecule has 0 bridgehead atoms. The third-order valence-electron chi connectivity index (χ3n) is 20.2. The van der Waals surface area contributed by atoms with Gasteiger partial charge >= 0.3 is 24.1 Å². The molecule has 544 valence electrons. The summed E-state index contributed by atoms with van der Waals surface area (Å²) in [6.45, 7) is 24.9. The Balaban J connectivity index is 0.000000205. The smallest absolute Gasteiger partial charge is 0.411 e. The van der Waals surface area contributed by atoms with E-state index in [2.05, 4.69) is 41.5 Å². The van der Waals surface area contributed by atoms with Crippen LogP contribution >= 0.6 is 46.4 Å². The minimum absolute atomic E-state index is 0.0692. The van der Waals surface area contributed by atoms with Crippen LogP contribution in [0.1, 0.15) is 189 Å². The number of carbonyl (C=O) groups is 6. The molecule has 4 aliphatic heterocycles. The minimum atomic E-state index is -0.846. The number of ketones is 2. The lowest BCUT2D eigenvalue weighted by Crippen LogP contribution is -2.52. The predicted molar refractivity (Wildman–Crippen MR) is 393 cm³/mol. The lowest BCUT2D eigenvalue weighted by Gasteiger charge is -2.40. The van der Waals surface area contributed by atoms with Gasteiger partial charge in [0, 0.05) is 47.9 Å². The van der Waals surface area contributed by atoms with Gasteiger partial charge in [0.05, 0.1) is 33.2 Å². The molecule has 3 unspecified atom stereocenters. The molecule has 6 aliphatic rings. The SMILES string of the molecule is CC(C)[C@@H]1CC[C@@H](C)CC1OC(=O)[C@@H]1Cc2cc3c(cc2CN1C(=O)OC(C)(C)C)OC(c1ccc(OCc2ccc(Cl)c(Cl)c2)cc1)C(=O)C3.CC(C)[C@@H]1CC[C@@H](C)CC1OC(=O)[C@@H]1Cc2cc3c(cc2CN1C(=O)OC(C)(C)C)O[C@@H](c1ccc(OCc2ccc(Cl)c(Cl)c2)cc1)C(=O)C3. The van der Waals surface area contributed by atoms with E-state index in [9.17, 15) is 28.8 Å². The first-order chi connectivity index (χ1) is 48.3. The number of amides is 2. The van der Waals surface area contributed by atoms with Crippen LogP contribution in [0.4, 0.5) is 9.59 Å². The van der Waals surface area contributed by atoms with Crippen molar-refractivity contribution in [1.82, 2.24) is 9.80 Å². The van der Waals surface area contributed by atoms with E-state index in [4.69, 9.17) is 84.3 Å². The zero-order chi connectivity index (χ0) is 73.2. The van der Waals surface area contributed by atoms with Crippen molar-refractivity contribution in [3.05, 3.63) is 185 Å². The average molecular weight is 1470 g/mol. The van der Waals surface area contributed by atoms with Gasteiger partial charge in [0.15, 0.2) is 23.8 Å². The van der Waals surface area contributed by atoms with Gasteiger partial charge in [-0.05, 0) is 197 Å². The molecule has 6 aromatic rings. The number of nitrogens with zero attached hydrogens (tertiary/aromatic N) is 2. The van der Waals surface area contributed by atoms with Crippen LogP contribution in [-0.4, -0.2) is 81.0 Å². The normalized spacial score (nSPS) is 23.2. The first-order valence-corrected chi connectivity index (χ1v) is 37.2. The number of hydrogen-bond donors (Lipinski definition) is 0. The van der Waals surface area contributed by atoms with Crippen LogP contribution in [0.5, 0.6) is 23.0 Å². The zero-order valence-corrected chi connectivity index (χ0v) is 63.4. The van der Waals surface area contributed by atoms with Crippen molar-refractivity contribution in [2.75, 3.05) is 0 Å². The van der Waals surface area contributed by atoms with Crippen molar-refractivity contribution in [3.63, 3.8) is 0 Å². The second-order valence-electron chi connectivity index (χ2n) is 31.2. The standard InChI is InChI=1S/2C41H47Cl2NO7/c2*1-23(2)31-13-7-24(3)15-37(31)50-39(46)34-18-27-17-28-19-35(45)38(49-36(28)20-29(27)21-44(34)40(47)51-41(4,5)6)26-9-11-30(12-10-26)48-22-25-8-14-32(42)33(43)16-25/h2*8-12,14,16-17,20,23-24,31,34,37-38H,7,13,15,18-19,21-22H2,1-6H3/t24-,31+,34+,37?,38?;24-,31+,34+,37?,38+/m11/s1. The van der Waals surface area contributed by atoms with Crippen molar-refractivity contribution in [2.45, 2.75) is 221 Å². The molecule has 2 saturated carbocycles. The number of rotatable bonds is 14. The van der Waals surface area contributed by atoms with Gasteiger partial charge in [-0.1, -0.05) is 149 Å². The zero-order valence-electron chi connectivity index (χ0n) is 60.3. The second-order valence-corrected chi connectivity index (χ2v) is 32.8. The molecule has 16 nitrogen and oxygen atoms in total. The largest absolute Gasteiger partial charge is 0.489 e. The molecule has 0 radical (unpaired) electrons. The Morgan fingerprint density at radius 2 is 0.853 bits per heavy atom. The number of halogens is 4. The van der Waals surface area contributed by atoms with Crippen LogP contribution in [0, 0.1) is 35.5 Å². The topological polar surface area (TPSA) is 183 Å². The van der Waals surface area contributed by atoms with E-state index in [1.54, 1.807) is 48.5 Å². The molecule has 20 heteroatoms. The molecule has 6 aromatic carbocycles. The number of Topliss-reactive ketones (excluding diaryl/α,β-unsaturated/α-hetero) is 2. The Morgan fingerprint density at radius 3 is 1.20 bits per heavy atom. The van der Waals surface area contributed by atoms with Crippen molar-refractivity contribution < 1.29 is 66.7 Å². The van der Waals surface area contributed by atoms with Crippen molar-refractivity contribution in [1.29, 1.82) is 0 Å². The monoisotopic (exact) mass is 1470 g/mol. The third-order valence-corrected chi connectivity index (χ3v) is 21.7. The summed E-state index contributed by atoms with van der Waals surface area (Å²) in [5.41, 5.74) is 6.68. The summed E-state index contributed by atoms with van der Waals surface area (Å²) < 4.78 is 48.6. The molecule has 2 aliphatic carbocycles. The Kier molecular flexibility index (Phi) is 23.6. The fourth-order valence-electron chi connectivity index (χ4n) is 14.8. The molecule has 0 N–H and O–H groups in total. The Morgan fingerprint density at radius 1 is 0.480 bits per heavy atom. The van der Waals surface area contributed by atoms with Gasteiger partial charge in [0.1, 0.15) is 71.7 Å². The summed E-state index contributed by atoms with van der Waals surface area (Å²) in [5.74, 6) is 3.71. The first kappa shape index (κ1) is 75.7. The number of ether oxygens (including phenoxy) is 8. The van der Waals surface area contributed by atoms with Gasteiger partial charge in [0.25, 0.3) is 0 Å². The van der Waals surface area contributed by atoms with E-state index in [-0.39, 0.29) is 74.4 Å². The maximum atomic E-state index is 14.0. The molecule has 102 heavy (non-hydrogen) atoms. The van der Waals surface area contributed by atoms with Crippen molar-refractivity contribution in [2.24, 2.45) is 35.5 Å². The lowest BCUT2D eigenvalue weighted by atomic mass is 9.75. The third kappa shape index (κ3) is 18.5. The second kappa shape index (κ2) is 31.8. The van der Waals surface area contributed by atoms with Gasteiger partial charge in [0.2, 0.25) is 0 Å². The van der Waals surface area contributed by atoms with Crippen LogP contribution in [0.25, 0.3) is 0 Å². The van der Waals surface area contributed by atoms with Crippen LogP contribution in [0.15, 0.2) is 109 Å². The number of carbonyl (C=O) groups excluding carboxylic acids is 6. The lowest BCUT2D eigenvalue weighted by molar-refractivity contribution is -0.163. The number of fused-ring (bicyclic) bond motifs is 4. The maximum Gasteiger partial charge on any atom is 0.411 e. The summed E-state index contributed by atoms with van der Waals surface area (Å²) in [6.07, 6.45) is 3.66. The molecule has 0 saturated heterocycles. The Hall–Kier alpha value is -7.50. The van der Waals surface area contributed by atoms with Crippen LogP contribution < -0.4 is 18.9 Å². The first-order valence-electron chi connectivity index (χ1n) is 35.7. The van der Waals surface area contributed by atoms with E-state index in [1.165, 1.54) is 9.80 Å². The molecular weight excluding hydrogens is 1380 g/mol. The van der Waals surface area contributed by atoms with Gasteiger partial charge in [-0.3, -0.25) is 19.4 Å². The molecule has 4 heterocycles. The molecule has 12 rings (SSSR count). The van der Waals surface area contributed by atoms with Crippen LogP contribution in [-0.2, 0) is 90.1 Å². The highest BCUT2D eigenvalue weighted by atomic mass is 35.5.